The lowest BCUT2D eigenvalue weighted by molar-refractivity contribution is 0.108. The minimum atomic E-state index is -0.140. The molecule has 1 aliphatic rings. The summed E-state index contributed by atoms with van der Waals surface area (Å²) in [6, 6.07) is 6.87. The predicted molar refractivity (Wildman–Crippen MR) is 66.1 cm³/mol. The van der Waals surface area contributed by atoms with Gasteiger partial charge in [0.05, 0.1) is 6.10 Å². The van der Waals surface area contributed by atoms with Crippen molar-refractivity contribution in [3.8, 4) is 0 Å². The summed E-state index contributed by atoms with van der Waals surface area (Å²) in [6.07, 6.45) is 3.87. The first-order valence-corrected chi connectivity index (χ1v) is 6.38. The standard InChI is InChI=1S/C14H20FNO/c15-14-4-2-1-3-12(14)10-16-9-11-5-7-13(17)8-6-11/h1-4,11,13,16-17H,5-10H2. The van der Waals surface area contributed by atoms with Gasteiger partial charge in [0.25, 0.3) is 0 Å². The highest BCUT2D eigenvalue weighted by Gasteiger charge is 2.18. The Bertz CT molecular complexity index is 348. The average Bonchev–Trinajstić information content (AvgIpc) is 2.34. The topological polar surface area (TPSA) is 32.3 Å². The molecule has 2 nitrogen and oxygen atoms in total. The molecule has 94 valence electrons. The Labute approximate surface area is 102 Å². The van der Waals surface area contributed by atoms with Gasteiger partial charge in [0, 0.05) is 12.1 Å². The summed E-state index contributed by atoms with van der Waals surface area (Å²) < 4.78 is 13.3. The third-order valence-electron chi connectivity index (χ3n) is 3.52. The van der Waals surface area contributed by atoms with Crippen LogP contribution in [0.25, 0.3) is 0 Å². The van der Waals surface area contributed by atoms with Gasteiger partial charge in [0.2, 0.25) is 0 Å². The second-order valence-corrected chi connectivity index (χ2v) is 4.90. The van der Waals surface area contributed by atoms with Gasteiger partial charge in [-0.1, -0.05) is 18.2 Å². The summed E-state index contributed by atoms with van der Waals surface area (Å²) in [5.74, 6) is 0.490. The van der Waals surface area contributed by atoms with E-state index in [0.717, 1.165) is 37.8 Å². The Morgan fingerprint density at radius 3 is 2.59 bits per heavy atom. The molecular weight excluding hydrogens is 217 g/mol. The maximum absolute atomic E-state index is 13.3. The maximum Gasteiger partial charge on any atom is 0.127 e. The Morgan fingerprint density at radius 2 is 1.88 bits per heavy atom. The number of nitrogens with one attached hydrogen (secondary N) is 1. The monoisotopic (exact) mass is 237 g/mol. The van der Waals surface area contributed by atoms with Gasteiger partial charge < -0.3 is 10.4 Å². The summed E-state index contributed by atoms with van der Waals surface area (Å²) in [7, 11) is 0. The highest BCUT2D eigenvalue weighted by molar-refractivity contribution is 5.16. The van der Waals surface area contributed by atoms with E-state index in [0.29, 0.717) is 12.5 Å². The van der Waals surface area contributed by atoms with Crippen LogP contribution < -0.4 is 5.32 Å². The Balaban J connectivity index is 1.71. The lowest BCUT2D eigenvalue weighted by Gasteiger charge is -2.25. The van der Waals surface area contributed by atoms with Crippen LogP contribution in [0.4, 0.5) is 4.39 Å². The van der Waals surface area contributed by atoms with Gasteiger partial charge in [0.15, 0.2) is 0 Å². The van der Waals surface area contributed by atoms with Crippen molar-refractivity contribution in [1.82, 2.24) is 5.32 Å². The maximum atomic E-state index is 13.3. The van der Waals surface area contributed by atoms with Gasteiger partial charge in [0.1, 0.15) is 5.82 Å². The van der Waals surface area contributed by atoms with Crippen molar-refractivity contribution in [2.45, 2.75) is 38.3 Å². The second kappa shape index (κ2) is 6.12. The third kappa shape index (κ3) is 3.79. The number of hydrogen-bond acceptors (Lipinski definition) is 2. The number of rotatable bonds is 4. The molecule has 0 spiro atoms. The molecule has 3 heteroatoms. The zero-order valence-electron chi connectivity index (χ0n) is 10.0. The first-order valence-electron chi connectivity index (χ1n) is 6.38. The van der Waals surface area contributed by atoms with Gasteiger partial charge in [-0.15, -0.1) is 0 Å². The van der Waals surface area contributed by atoms with Crippen molar-refractivity contribution >= 4 is 0 Å². The molecule has 1 fully saturated rings. The van der Waals surface area contributed by atoms with Gasteiger partial charge in [-0.3, -0.25) is 0 Å². The van der Waals surface area contributed by atoms with E-state index in [1.165, 1.54) is 6.07 Å². The predicted octanol–water partition coefficient (Wildman–Crippen LogP) is 2.47. The summed E-state index contributed by atoms with van der Waals surface area (Å²) in [5, 5.41) is 12.7. The lowest BCUT2D eigenvalue weighted by Crippen LogP contribution is -2.27. The van der Waals surface area contributed by atoms with Crippen molar-refractivity contribution in [2.75, 3.05) is 6.54 Å². The van der Waals surface area contributed by atoms with Gasteiger partial charge in [-0.05, 0) is 44.2 Å². The molecule has 0 atom stereocenters. The van der Waals surface area contributed by atoms with Crippen LogP contribution >= 0.6 is 0 Å². The van der Waals surface area contributed by atoms with E-state index < -0.39 is 0 Å². The second-order valence-electron chi connectivity index (χ2n) is 4.90. The van der Waals surface area contributed by atoms with Gasteiger partial charge in [-0.25, -0.2) is 4.39 Å². The minimum Gasteiger partial charge on any atom is -0.393 e. The van der Waals surface area contributed by atoms with E-state index >= 15 is 0 Å². The number of halogens is 1. The molecule has 0 aliphatic heterocycles. The Hall–Kier alpha value is -0.930. The zero-order valence-corrected chi connectivity index (χ0v) is 10.0. The molecule has 0 radical (unpaired) electrons. The molecule has 1 aliphatic carbocycles. The number of benzene rings is 1. The van der Waals surface area contributed by atoms with Crippen LogP contribution in [-0.2, 0) is 6.54 Å². The average molecular weight is 237 g/mol. The van der Waals surface area contributed by atoms with Gasteiger partial charge >= 0.3 is 0 Å². The van der Waals surface area contributed by atoms with Crippen molar-refractivity contribution in [1.29, 1.82) is 0 Å². The van der Waals surface area contributed by atoms with Crippen LogP contribution in [-0.4, -0.2) is 17.8 Å². The molecule has 17 heavy (non-hydrogen) atoms. The Morgan fingerprint density at radius 1 is 1.18 bits per heavy atom. The zero-order chi connectivity index (χ0) is 12.1. The first kappa shape index (κ1) is 12.5. The fourth-order valence-electron chi connectivity index (χ4n) is 2.40. The van der Waals surface area contributed by atoms with Crippen LogP contribution in [0.5, 0.6) is 0 Å². The van der Waals surface area contributed by atoms with Crippen LogP contribution in [0, 0.1) is 11.7 Å². The summed E-state index contributed by atoms with van der Waals surface area (Å²) in [5.41, 5.74) is 0.725. The van der Waals surface area contributed by atoms with E-state index in [9.17, 15) is 9.50 Å². The van der Waals surface area contributed by atoms with Crippen molar-refractivity contribution < 1.29 is 9.50 Å². The van der Waals surface area contributed by atoms with E-state index in [4.69, 9.17) is 0 Å². The highest BCUT2D eigenvalue weighted by atomic mass is 19.1. The minimum absolute atomic E-state index is 0.0992. The highest BCUT2D eigenvalue weighted by Crippen LogP contribution is 2.23. The molecule has 0 unspecified atom stereocenters. The molecule has 1 aromatic rings. The molecule has 0 amide bonds. The third-order valence-corrected chi connectivity index (χ3v) is 3.52. The summed E-state index contributed by atoms with van der Waals surface area (Å²) >= 11 is 0. The number of hydrogen-bond donors (Lipinski definition) is 2. The van der Waals surface area contributed by atoms with E-state index in [2.05, 4.69) is 5.32 Å². The summed E-state index contributed by atoms with van der Waals surface area (Å²) in [6.45, 7) is 1.51. The van der Waals surface area contributed by atoms with E-state index in [1.54, 1.807) is 6.07 Å². The quantitative estimate of drug-likeness (QED) is 0.843. The van der Waals surface area contributed by atoms with Crippen LogP contribution in [0.1, 0.15) is 31.2 Å². The van der Waals surface area contributed by atoms with Crippen LogP contribution in [0.2, 0.25) is 0 Å². The normalized spacial score (nSPS) is 24.8. The Kier molecular flexibility index (Phi) is 4.51. The molecule has 0 heterocycles. The van der Waals surface area contributed by atoms with Crippen molar-refractivity contribution in [2.24, 2.45) is 5.92 Å². The molecule has 1 saturated carbocycles. The number of aliphatic hydroxyl groups excluding tert-OH is 1. The molecule has 2 rings (SSSR count). The molecule has 2 N–H and O–H groups in total. The molecule has 1 aromatic carbocycles. The largest absolute Gasteiger partial charge is 0.393 e. The molecule has 0 aromatic heterocycles. The smallest absolute Gasteiger partial charge is 0.127 e. The molecule has 0 saturated heterocycles. The first-order chi connectivity index (χ1) is 8.25. The fraction of sp³-hybridized carbons (Fsp3) is 0.571. The van der Waals surface area contributed by atoms with E-state index in [-0.39, 0.29) is 11.9 Å². The molecular formula is C14H20FNO. The van der Waals surface area contributed by atoms with E-state index in [1.807, 2.05) is 12.1 Å². The summed E-state index contributed by atoms with van der Waals surface area (Å²) in [4.78, 5) is 0. The van der Waals surface area contributed by atoms with Crippen molar-refractivity contribution in [3.63, 3.8) is 0 Å². The van der Waals surface area contributed by atoms with Gasteiger partial charge in [-0.2, -0.15) is 0 Å². The SMILES string of the molecule is OC1CCC(CNCc2ccccc2F)CC1. The van der Waals surface area contributed by atoms with Crippen LogP contribution in [0.3, 0.4) is 0 Å². The van der Waals surface area contributed by atoms with Crippen molar-refractivity contribution in [3.05, 3.63) is 35.6 Å². The number of aliphatic hydroxyl groups is 1. The van der Waals surface area contributed by atoms with Crippen LogP contribution in [0.15, 0.2) is 24.3 Å². The fourth-order valence-corrected chi connectivity index (χ4v) is 2.40. The lowest BCUT2D eigenvalue weighted by atomic mass is 9.87. The molecule has 0 bridgehead atoms.